The zero-order valence-electron chi connectivity index (χ0n) is 11.7. The van der Waals surface area contributed by atoms with Gasteiger partial charge >= 0.3 is 0 Å². The van der Waals surface area contributed by atoms with Crippen molar-refractivity contribution in [3.63, 3.8) is 0 Å². The maximum atomic E-state index is 12.4. The predicted molar refractivity (Wildman–Crippen MR) is 74.9 cm³/mol. The number of benzene rings is 1. The Hall–Kier alpha value is -1.26. The highest BCUT2D eigenvalue weighted by Gasteiger charge is 2.27. The molecule has 0 heterocycles. The van der Waals surface area contributed by atoms with E-state index in [4.69, 9.17) is 0 Å². The van der Waals surface area contributed by atoms with E-state index in [1.54, 1.807) is 0 Å². The van der Waals surface area contributed by atoms with Crippen LogP contribution in [-0.4, -0.2) is 54.5 Å². The van der Waals surface area contributed by atoms with Crippen LogP contribution in [0.4, 0.5) is 14.5 Å². The SMILES string of the molecule is CNc1ccc(S(C)(=O)=O)cc1S(=O)(=O)N(C)CC(F)F. The van der Waals surface area contributed by atoms with Gasteiger partial charge in [-0.2, -0.15) is 4.31 Å². The van der Waals surface area contributed by atoms with Crippen LogP contribution in [0.25, 0.3) is 0 Å². The number of hydrogen-bond donors (Lipinski definition) is 1. The molecule has 1 N–H and O–H groups in total. The Bertz CT molecular complexity index is 718. The van der Waals surface area contributed by atoms with Gasteiger partial charge in [0.2, 0.25) is 10.0 Å². The van der Waals surface area contributed by atoms with Crippen molar-refractivity contribution in [1.82, 2.24) is 4.31 Å². The van der Waals surface area contributed by atoms with Crippen molar-refractivity contribution in [1.29, 1.82) is 0 Å². The second-order valence-corrected chi connectivity index (χ2v) is 8.39. The van der Waals surface area contributed by atoms with E-state index in [-0.39, 0.29) is 15.5 Å². The molecule has 1 aromatic carbocycles. The van der Waals surface area contributed by atoms with Gasteiger partial charge in [-0.3, -0.25) is 0 Å². The van der Waals surface area contributed by atoms with Gasteiger partial charge in [0.05, 0.1) is 17.1 Å². The van der Waals surface area contributed by atoms with Gasteiger partial charge in [-0.1, -0.05) is 0 Å². The van der Waals surface area contributed by atoms with Crippen molar-refractivity contribution in [2.75, 3.05) is 32.2 Å². The highest BCUT2D eigenvalue weighted by Crippen LogP contribution is 2.27. The first-order chi connectivity index (χ1) is 9.50. The Labute approximate surface area is 122 Å². The topological polar surface area (TPSA) is 83.5 Å². The van der Waals surface area contributed by atoms with E-state index < -0.39 is 32.8 Å². The fourth-order valence-electron chi connectivity index (χ4n) is 1.61. The van der Waals surface area contributed by atoms with Crippen molar-refractivity contribution in [3.8, 4) is 0 Å². The Balaban J connectivity index is 3.46. The predicted octanol–water partition coefficient (Wildman–Crippen LogP) is 1.02. The number of rotatable bonds is 6. The summed E-state index contributed by atoms with van der Waals surface area (Å²) in [4.78, 5) is -0.568. The van der Waals surface area contributed by atoms with Crippen molar-refractivity contribution >= 4 is 25.5 Å². The van der Waals surface area contributed by atoms with Gasteiger partial charge < -0.3 is 5.32 Å². The zero-order valence-corrected chi connectivity index (χ0v) is 13.3. The van der Waals surface area contributed by atoms with Crippen molar-refractivity contribution < 1.29 is 25.6 Å². The lowest BCUT2D eigenvalue weighted by molar-refractivity contribution is 0.126. The van der Waals surface area contributed by atoms with E-state index in [0.29, 0.717) is 4.31 Å². The number of anilines is 1. The molecule has 0 fully saturated rings. The third-order valence-corrected chi connectivity index (χ3v) is 5.71. The molecule has 0 amide bonds. The summed E-state index contributed by atoms with van der Waals surface area (Å²) in [5, 5.41) is 2.60. The van der Waals surface area contributed by atoms with E-state index in [1.807, 2.05) is 0 Å². The Morgan fingerprint density at radius 1 is 1.24 bits per heavy atom. The molecule has 0 aromatic heterocycles. The summed E-state index contributed by atoms with van der Waals surface area (Å²) >= 11 is 0. The Kier molecular flexibility index (Phi) is 5.29. The number of sulfonamides is 1. The molecule has 0 radical (unpaired) electrons. The van der Waals surface area contributed by atoms with Crippen LogP contribution < -0.4 is 5.32 Å². The van der Waals surface area contributed by atoms with Crippen LogP contribution in [0.1, 0.15) is 0 Å². The molecular formula is C11H16F2N2O4S2. The maximum Gasteiger partial charge on any atom is 0.252 e. The smallest absolute Gasteiger partial charge is 0.252 e. The first kappa shape index (κ1) is 17.8. The van der Waals surface area contributed by atoms with E-state index in [0.717, 1.165) is 19.4 Å². The maximum absolute atomic E-state index is 12.4. The third kappa shape index (κ3) is 4.11. The second kappa shape index (κ2) is 6.24. The number of alkyl halides is 2. The molecule has 1 rings (SSSR count). The van der Waals surface area contributed by atoms with Gasteiger partial charge in [0.25, 0.3) is 6.43 Å². The summed E-state index contributed by atoms with van der Waals surface area (Å²) < 4.78 is 72.8. The van der Waals surface area contributed by atoms with Gasteiger partial charge in [0.15, 0.2) is 9.84 Å². The van der Waals surface area contributed by atoms with Gasteiger partial charge in [-0.25, -0.2) is 25.6 Å². The second-order valence-electron chi connectivity index (χ2n) is 4.36. The van der Waals surface area contributed by atoms with Crippen molar-refractivity contribution in [2.45, 2.75) is 16.2 Å². The van der Waals surface area contributed by atoms with Crippen LogP contribution >= 0.6 is 0 Å². The number of nitrogens with zero attached hydrogens (tertiary/aromatic N) is 1. The average molecular weight is 342 g/mol. The molecule has 6 nitrogen and oxygen atoms in total. The molecule has 21 heavy (non-hydrogen) atoms. The Morgan fingerprint density at radius 3 is 2.24 bits per heavy atom. The molecule has 120 valence electrons. The van der Waals surface area contributed by atoms with E-state index in [1.165, 1.54) is 19.2 Å². The fourth-order valence-corrected chi connectivity index (χ4v) is 3.70. The number of sulfone groups is 1. The lowest BCUT2D eigenvalue weighted by Gasteiger charge is -2.19. The van der Waals surface area contributed by atoms with Crippen LogP contribution in [0.3, 0.4) is 0 Å². The molecule has 0 aliphatic carbocycles. The molecule has 10 heteroatoms. The summed E-state index contributed by atoms with van der Waals surface area (Å²) in [5.74, 6) is 0. The molecule has 0 aliphatic rings. The molecule has 0 saturated heterocycles. The van der Waals surface area contributed by atoms with Crippen molar-refractivity contribution in [2.24, 2.45) is 0 Å². The minimum atomic E-state index is -4.23. The molecule has 0 saturated carbocycles. The summed E-state index contributed by atoms with van der Waals surface area (Å²) in [6, 6.07) is 3.48. The van der Waals surface area contributed by atoms with Gasteiger partial charge in [-0.05, 0) is 18.2 Å². The molecule has 0 spiro atoms. The third-order valence-electron chi connectivity index (χ3n) is 2.73. The molecular weight excluding hydrogens is 326 g/mol. The molecule has 0 atom stereocenters. The number of halogens is 2. The lowest BCUT2D eigenvalue weighted by atomic mass is 10.3. The highest BCUT2D eigenvalue weighted by atomic mass is 32.2. The summed E-state index contributed by atoms with van der Waals surface area (Å²) in [7, 11) is -5.40. The monoisotopic (exact) mass is 342 g/mol. The summed E-state index contributed by atoms with van der Waals surface area (Å²) in [6.07, 6.45) is -1.90. The van der Waals surface area contributed by atoms with Crippen LogP contribution in [0.15, 0.2) is 28.0 Å². The lowest BCUT2D eigenvalue weighted by Crippen LogP contribution is -2.32. The summed E-state index contributed by atoms with van der Waals surface area (Å²) in [6.45, 7) is -0.978. The minimum Gasteiger partial charge on any atom is -0.387 e. The highest BCUT2D eigenvalue weighted by molar-refractivity contribution is 7.91. The molecule has 1 aromatic rings. The molecule has 0 bridgehead atoms. The zero-order chi connectivity index (χ0) is 16.4. The van der Waals surface area contributed by atoms with Gasteiger partial charge in [0.1, 0.15) is 4.90 Å². The Morgan fingerprint density at radius 2 is 1.81 bits per heavy atom. The minimum absolute atomic E-state index is 0.128. The summed E-state index contributed by atoms with van der Waals surface area (Å²) in [5.41, 5.74) is 0.128. The van der Waals surface area contributed by atoms with Gasteiger partial charge in [0, 0.05) is 20.4 Å². The van der Waals surface area contributed by atoms with E-state index in [2.05, 4.69) is 5.32 Å². The van der Waals surface area contributed by atoms with Crippen LogP contribution in [-0.2, 0) is 19.9 Å². The van der Waals surface area contributed by atoms with Crippen LogP contribution in [0.2, 0.25) is 0 Å². The van der Waals surface area contributed by atoms with Crippen LogP contribution in [0, 0.1) is 0 Å². The quantitative estimate of drug-likeness (QED) is 0.834. The first-order valence-electron chi connectivity index (χ1n) is 5.76. The van der Waals surface area contributed by atoms with E-state index in [9.17, 15) is 25.6 Å². The molecule has 0 aliphatic heterocycles. The molecule has 0 unspecified atom stereocenters. The number of nitrogens with one attached hydrogen (secondary N) is 1. The first-order valence-corrected chi connectivity index (χ1v) is 9.09. The van der Waals surface area contributed by atoms with Gasteiger partial charge in [-0.15, -0.1) is 0 Å². The normalized spacial score (nSPS) is 12.9. The average Bonchev–Trinajstić information content (AvgIpc) is 2.35. The van der Waals surface area contributed by atoms with Crippen LogP contribution in [0.5, 0.6) is 0 Å². The number of hydrogen-bond acceptors (Lipinski definition) is 5. The standard InChI is InChI=1S/C11H16F2N2O4S2/c1-14-9-5-4-8(20(3,16)17)6-10(9)21(18,19)15(2)7-11(12)13/h4-6,11,14H,7H2,1-3H3. The van der Waals surface area contributed by atoms with E-state index >= 15 is 0 Å². The largest absolute Gasteiger partial charge is 0.387 e. The van der Waals surface area contributed by atoms with Crippen molar-refractivity contribution in [3.05, 3.63) is 18.2 Å². The fraction of sp³-hybridized carbons (Fsp3) is 0.455.